The molecule has 0 fully saturated rings. The Balaban J connectivity index is 2.34. The van der Waals surface area contributed by atoms with Crippen molar-refractivity contribution in [3.63, 3.8) is 0 Å². The van der Waals surface area contributed by atoms with Gasteiger partial charge in [-0.2, -0.15) is 0 Å². The summed E-state index contributed by atoms with van der Waals surface area (Å²) in [5, 5.41) is 24.9. The van der Waals surface area contributed by atoms with Crippen LogP contribution in [0.2, 0.25) is 0 Å². The van der Waals surface area contributed by atoms with E-state index < -0.39 is 6.04 Å². The maximum absolute atomic E-state index is 13.4. The molecule has 31 heavy (non-hydrogen) atoms. The molecule has 0 aliphatic carbocycles. The van der Waals surface area contributed by atoms with E-state index >= 15 is 0 Å². The summed E-state index contributed by atoms with van der Waals surface area (Å²) in [5.74, 6) is -0.503. The van der Waals surface area contributed by atoms with E-state index in [-0.39, 0.29) is 29.2 Å². The lowest BCUT2D eigenvalue weighted by atomic mass is 9.86. The summed E-state index contributed by atoms with van der Waals surface area (Å²) in [4.78, 5) is 25.4. The van der Waals surface area contributed by atoms with E-state index in [2.05, 4.69) is 5.32 Å². The van der Waals surface area contributed by atoms with Crippen LogP contribution in [0.15, 0.2) is 42.6 Å². The fourth-order valence-corrected chi connectivity index (χ4v) is 3.79. The number of hydrogen-bond acceptors (Lipinski definition) is 4. The summed E-state index contributed by atoms with van der Waals surface area (Å²) < 4.78 is 1.73. The molecular formula is C25H29N2O4+. The molecule has 3 N–H and O–H groups in total. The van der Waals surface area contributed by atoms with Crippen LogP contribution in [0.3, 0.4) is 0 Å². The third-order valence-corrected chi connectivity index (χ3v) is 5.83. The molecule has 162 valence electrons. The van der Waals surface area contributed by atoms with Crippen LogP contribution in [0.5, 0.6) is 5.75 Å². The molecule has 2 aromatic carbocycles. The molecule has 0 aliphatic heterocycles. The van der Waals surface area contributed by atoms with E-state index in [0.717, 1.165) is 16.5 Å². The van der Waals surface area contributed by atoms with Crippen LogP contribution in [0.25, 0.3) is 21.9 Å². The average molecular weight is 422 g/mol. The van der Waals surface area contributed by atoms with Crippen molar-refractivity contribution in [2.75, 3.05) is 6.61 Å². The Bertz CT molecular complexity index is 1160. The number of pyridine rings is 1. The van der Waals surface area contributed by atoms with E-state index in [4.69, 9.17) is 0 Å². The highest BCUT2D eigenvalue weighted by molar-refractivity contribution is 6.12. The summed E-state index contributed by atoms with van der Waals surface area (Å²) in [5.41, 5.74) is 1.99. The van der Waals surface area contributed by atoms with E-state index in [9.17, 15) is 19.8 Å². The lowest BCUT2D eigenvalue weighted by Gasteiger charge is -2.30. The number of carbonyl (C=O) groups excluding carboxylic acids is 2. The summed E-state index contributed by atoms with van der Waals surface area (Å²) >= 11 is 0. The van der Waals surface area contributed by atoms with Gasteiger partial charge < -0.3 is 15.5 Å². The first-order valence-electron chi connectivity index (χ1n) is 10.2. The van der Waals surface area contributed by atoms with Gasteiger partial charge in [0.05, 0.1) is 23.8 Å². The van der Waals surface area contributed by atoms with Crippen molar-refractivity contribution in [2.24, 2.45) is 12.5 Å². The topological polar surface area (TPSA) is 90.5 Å². The van der Waals surface area contributed by atoms with Gasteiger partial charge in [-0.05, 0) is 22.3 Å². The van der Waals surface area contributed by atoms with Crippen molar-refractivity contribution < 1.29 is 24.4 Å². The van der Waals surface area contributed by atoms with Gasteiger partial charge in [0.2, 0.25) is 6.20 Å². The minimum absolute atomic E-state index is 0.135. The van der Waals surface area contributed by atoms with Gasteiger partial charge in [-0.25, -0.2) is 4.57 Å². The molecule has 6 heteroatoms. The van der Waals surface area contributed by atoms with E-state index in [0.29, 0.717) is 23.0 Å². The van der Waals surface area contributed by atoms with Crippen molar-refractivity contribution in [1.82, 2.24) is 5.32 Å². The standard InChI is InChI=1S/C25H28N2O4/c1-15-22(19(13-28)20(30)12-27(15)5)23-17-9-7-6-8-16(17)10-11-18(23)24(31)26-21(14-29)25(2,3)4/h6-13,21,29H,14H2,1-5H3,(H-,26,28,30,31)/p+1/t21-/m1/s1. The van der Waals surface area contributed by atoms with E-state index in [1.54, 1.807) is 17.7 Å². The second-order valence-corrected chi connectivity index (χ2v) is 8.90. The Hall–Kier alpha value is -3.25. The largest absolute Gasteiger partial charge is 0.502 e. The van der Waals surface area contributed by atoms with Gasteiger partial charge in [-0.3, -0.25) is 9.59 Å². The summed E-state index contributed by atoms with van der Waals surface area (Å²) in [6.07, 6.45) is 2.10. The summed E-state index contributed by atoms with van der Waals surface area (Å²) in [7, 11) is 1.78. The molecule has 0 radical (unpaired) electrons. The van der Waals surface area contributed by atoms with Gasteiger partial charge in [-0.15, -0.1) is 0 Å². The molecule has 3 rings (SSSR count). The van der Waals surface area contributed by atoms with Crippen molar-refractivity contribution in [2.45, 2.75) is 33.7 Å². The van der Waals surface area contributed by atoms with Crippen molar-refractivity contribution in [3.8, 4) is 16.9 Å². The zero-order chi connectivity index (χ0) is 22.9. The molecule has 3 aromatic rings. The molecular weight excluding hydrogens is 392 g/mol. The van der Waals surface area contributed by atoms with Crippen LogP contribution >= 0.6 is 0 Å². The quantitative estimate of drug-likeness (QED) is 0.436. The maximum Gasteiger partial charge on any atom is 0.252 e. The summed E-state index contributed by atoms with van der Waals surface area (Å²) in [6, 6.07) is 10.7. The number of aldehydes is 1. The molecule has 0 saturated carbocycles. The Morgan fingerprint density at radius 3 is 2.45 bits per heavy atom. The Labute approximate surface area is 182 Å². The number of hydrogen-bond donors (Lipinski definition) is 3. The Morgan fingerprint density at radius 2 is 1.84 bits per heavy atom. The molecule has 1 atom stereocenters. The van der Waals surface area contributed by atoms with Gasteiger partial charge in [-0.1, -0.05) is 51.1 Å². The third-order valence-electron chi connectivity index (χ3n) is 5.83. The van der Waals surface area contributed by atoms with Crippen LogP contribution in [-0.2, 0) is 7.05 Å². The van der Waals surface area contributed by atoms with Crippen molar-refractivity contribution >= 4 is 23.0 Å². The van der Waals surface area contributed by atoms with E-state index in [1.165, 1.54) is 6.20 Å². The molecule has 0 saturated heterocycles. The number of nitrogens with one attached hydrogen (secondary N) is 1. The second kappa shape index (κ2) is 8.47. The highest BCUT2D eigenvalue weighted by Gasteiger charge is 2.30. The first-order valence-corrected chi connectivity index (χ1v) is 10.2. The number of amides is 1. The van der Waals surface area contributed by atoms with Crippen LogP contribution in [0.1, 0.15) is 47.2 Å². The minimum Gasteiger partial charge on any atom is -0.502 e. The fraction of sp³-hybridized carbons (Fsp3) is 0.320. The Kier molecular flexibility index (Phi) is 6.13. The van der Waals surface area contributed by atoms with Gasteiger partial charge in [0.25, 0.3) is 5.91 Å². The number of carbonyl (C=O) groups is 2. The molecule has 0 bridgehead atoms. The zero-order valence-electron chi connectivity index (χ0n) is 18.6. The molecule has 6 nitrogen and oxygen atoms in total. The van der Waals surface area contributed by atoms with Crippen LogP contribution in [-0.4, -0.2) is 35.1 Å². The van der Waals surface area contributed by atoms with Gasteiger partial charge >= 0.3 is 0 Å². The number of nitrogens with zero attached hydrogens (tertiary/aromatic N) is 1. The van der Waals surface area contributed by atoms with Crippen molar-refractivity contribution in [1.29, 1.82) is 0 Å². The number of aliphatic hydroxyl groups excluding tert-OH is 1. The SMILES string of the molecule is Cc1c(-c2c(C(=O)N[C@H](CO)C(C)(C)C)ccc3ccccc23)c(C=O)c(O)c[n+]1C. The highest BCUT2D eigenvalue weighted by atomic mass is 16.3. The maximum atomic E-state index is 13.4. The number of benzene rings is 2. The molecule has 0 aliphatic rings. The molecule has 0 spiro atoms. The zero-order valence-corrected chi connectivity index (χ0v) is 18.6. The van der Waals surface area contributed by atoms with Gasteiger partial charge in [0.15, 0.2) is 17.7 Å². The third kappa shape index (κ3) is 4.16. The van der Waals surface area contributed by atoms with Crippen molar-refractivity contribution in [3.05, 3.63) is 59.4 Å². The van der Waals surface area contributed by atoms with Crippen LogP contribution in [0, 0.1) is 12.3 Å². The average Bonchev–Trinajstić information content (AvgIpc) is 2.72. The first-order chi connectivity index (χ1) is 14.6. The monoisotopic (exact) mass is 421 g/mol. The Morgan fingerprint density at radius 1 is 1.16 bits per heavy atom. The first kappa shape index (κ1) is 22.4. The predicted octanol–water partition coefficient (Wildman–Crippen LogP) is 3.29. The normalized spacial score (nSPS) is 12.6. The van der Waals surface area contributed by atoms with Gasteiger partial charge in [0, 0.05) is 18.1 Å². The lowest BCUT2D eigenvalue weighted by Crippen LogP contribution is -2.46. The minimum atomic E-state index is -0.453. The highest BCUT2D eigenvalue weighted by Crippen LogP contribution is 2.37. The van der Waals surface area contributed by atoms with Crippen LogP contribution < -0.4 is 9.88 Å². The predicted molar refractivity (Wildman–Crippen MR) is 120 cm³/mol. The number of aliphatic hydroxyl groups is 1. The van der Waals surface area contributed by atoms with Gasteiger partial charge in [0.1, 0.15) is 7.05 Å². The van der Waals surface area contributed by atoms with E-state index in [1.807, 2.05) is 58.0 Å². The number of aryl methyl sites for hydroxylation is 1. The number of fused-ring (bicyclic) bond motifs is 1. The summed E-state index contributed by atoms with van der Waals surface area (Å²) in [6.45, 7) is 7.48. The molecule has 1 aromatic heterocycles. The lowest BCUT2D eigenvalue weighted by molar-refractivity contribution is -0.677. The molecule has 0 unspecified atom stereocenters. The number of aromatic hydroxyl groups is 1. The fourth-order valence-electron chi connectivity index (χ4n) is 3.79. The van der Waals surface area contributed by atoms with Crippen LogP contribution in [0.4, 0.5) is 0 Å². The smallest absolute Gasteiger partial charge is 0.252 e. The molecule has 1 amide bonds. The second-order valence-electron chi connectivity index (χ2n) is 8.90. The molecule has 1 heterocycles. The number of rotatable bonds is 5. The number of aromatic nitrogens is 1.